The van der Waals surface area contributed by atoms with Crippen LogP contribution < -0.4 is 16.4 Å². The van der Waals surface area contributed by atoms with Crippen LogP contribution in [-0.2, 0) is 19.9 Å². The maximum absolute atomic E-state index is 14.7. The van der Waals surface area contributed by atoms with E-state index >= 15 is 0 Å². The second-order valence-electron chi connectivity index (χ2n) is 9.26. The number of carbonyl (C=O) groups is 2. The van der Waals surface area contributed by atoms with Crippen molar-refractivity contribution in [3.05, 3.63) is 65.0 Å². The van der Waals surface area contributed by atoms with Gasteiger partial charge in [-0.1, -0.05) is 31.0 Å². The molecule has 1 aliphatic carbocycles. The zero-order valence-electron chi connectivity index (χ0n) is 19.1. The van der Waals surface area contributed by atoms with Crippen LogP contribution in [0.2, 0.25) is 0 Å². The molecule has 8 heteroatoms. The Morgan fingerprint density at radius 1 is 1.26 bits per heavy atom. The molecular weight excluding hydrogens is 435 g/mol. The van der Waals surface area contributed by atoms with Crippen molar-refractivity contribution in [1.82, 2.24) is 5.32 Å². The average Bonchev–Trinajstić information content (AvgIpc) is 3.55. The molecule has 1 heterocycles. The molecule has 178 valence electrons. The highest BCUT2D eigenvalue weighted by Crippen LogP contribution is 2.40. The van der Waals surface area contributed by atoms with Gasteiger partial charge in [-0.05, 0) is 54.2 Å². The third kappa shape index (κ3) is 5.44. The van der Waals surface area contributed by atoms with Gasteiger partial charge in [0.25, 0.3) is 0 Å². The highest BCUT2D eigenvalue weighted by molar-refractivity contribution is 5.95. The number of hydrogen-bond acceptors (Lipinski definition) is 6. The molecule has 34 heavy (non-hydrogen) atoms. The molecule has 1 saturated carbocycles. The molecule has 1 aliphatic heterocycles. The predicted molar refractivity (Wildman–Crippen MR) is 125 cm³/mol. The Labute approximate surface area is 198 Å². The van der Waals surface area contributed by atoms with Crippen molar-refractivity contribution in [2.24, 2.45) is 11.7 Å². The number of carbonyl (C=O) groups excluding carboxylic acids is 2. The fourth-order valence-electron chi connectivity index (χ4n) is 4.51. The molecule has 2 aliphatic rings. The summed E-state index contributed by atoms with van der Waals surface area (Å²) in [5, 5.41) is 15.0. The third-order valence-corrected chi connectivity index (χ3v) is 6.63. The number of amides is 1. The zero-order valence-corrected chi connectivity index (χ0v) is 19.1. The Bertz CT molecular complexity index is 1130. The zero-order chi connectivity index (χ0) is 24.3. The molecule has 2 aromatic rings. The van der Waals surface area contributed by atoms with Gasteiger partial charge < -0.3 is 21.1 Å². The summed E-state index contributed by atoms with van der Waals surface area (Å²) in [6.07, 6.45) is 3.85. The smallest absolute Gasteiger partial charge is 0.302 e. The summed E-state index contributed by atoms with van der Waals surface area (Å²) in [5.74, 6) is -0.738. The SMILES string of the molecule is CC(=O)O[C@H]1CN[C@@H](C(=O)Nc2cc(C(N)(CCC3CC3)c3cccc(C#N)c3)ccc2F)C1. The first kappa shape index (κ1) is 23.9. The third-order valence-electron chi connectivity index (χ3n) is 6.63. The fraction of sp³-hybridized carbons (Fsp3) is 0.423. The van der Waals surface area contributed by atoms with Gasteiger partial charge in [0.05, 0.1) is 28.9 Å². The summed E-state index contributed by atoms with van der Waals surface area (Å²) >= 11 is 0. The molecule has 0 spiro atoms. The summed E-state index contributed by atoms with van der Waals surface area (Å²) in [5.41, 5.74) is 8.02. The van der Waals surface area contributed by atoms with Crippen molar-refractivity contribution in [1.29, 1.82) is 5.26 Å². The molecule has 4 rings (SSSR count). The molecule has 2 aromatic carbocycles. The Kier molecular flexibility index (Phi) is 6.96. The number of halogens is 1. The minimum atomic E-state index is -0.936. The molecule has 1 amide bonds. The van der Waals surface area contributed by atoms with Gasteiger partial charge in [-0.15, -0.1) is 0 Å². The number of rotatable bonds is 8. The van der Waals surface area contributed by atoms with Gasteiger partial charge in [0.2, 0.25) is 5.91 Å². The summed E-state index contributed by atoms with van der Waals surface area (Å²) in [7, 11) is 0. The van der Waals surface area contributed by atoms with Crippen LogP contribution in [0.4, 0.5) is 10.1 Å². The minimum Gasteiger partial charge on any atom is -0.461 e. The molecule has 0 bridgehead atoms. The van der Waals surface area contributed by atoms with Crippen molar-refractivity contribution in [2.75, 3.05) is 11.9 Å². The molecule has 0 radical (unpaired) electrons. The maximum Gasteiger partial charge on any atom is 0.302 e. The van der Waals surface area contributed by atoms with Gasteiger partial charge in [0.15, 0.2) is 0 Å². The second kappa shape index (κ2) is 9.92. The fourth-order valence-corrected chi connectivity index (χ4v) is 4.51. The number of esters is 1. The van der Waals surface area contributed by atoms with Crippen LogP contribution >= 0.6 is 0 Å². The largest absolute Gasteiger partial charge is 0.461 e. The van der Waals surface area contributed by atoms with Gasteiger partial charge in [-0.3, -0.25) is 9.59 Å². The number of ether oxygens (including phenoxy) is 1. The maximum atomic E-state index is 14.7. The first-order chi connectivity index (χ1) is 16.3. The van der Waals surface area contributed by atoms with Crippen molar-refractivity contribution >= 4 is 17.6 Å². The monoisotopic (exact) mass is 464 g/mol. The van der Waals surface area contributed by atoms with Crippen molar-refractivity contribution in [2.45, 2.75) is 56.7 Å². The van der Waals surface area contributed by atoms with Crippen LogP contribution in [0.5, 0.6) is 0 Å². The predicted octanol–water partition coefficient (Wildman–Crippen LogP) is 3.32. The molecular formula is C26H29FN4O3. The van der Waals surface area contributed by atoms with Crippen LogP contribution in [0, 0.1) is 23.1 Å². The number of hydrogen-bond donors (Lipinski definition) is 3. The highest BCUT2D eigenvalue weighted by Gasteiger charge is 2.35. The van der Waals surface area contributed by atoms with Crippen LogP contribution in [0.15, 0.2) is 42.5 Å². The molecule has 4 N–H and O–H groups in total. The van der Waals surface area contributed by atoms with E-state index in [4.69, 9.17) is 10.5 Å². The minimum absolute atomic E-state index is 0.0397. The number of nitrogens with two attached hydrogens (primary N) is 1. The standard InChI is InChI=1S/C26H29FN4O3/c1-16(32)34-21-13-24(30-15-21)25(33)31-23-12-20(7-8-22(23)27)26(29,10-9-17-5-6-17)19-4-2-3-18(11-19)14-28/h2-4,7-8,11-12,17,21,24,30H,5-6,9-10,13,15,29H2,1H3,(H,31,33)/t21-,24-,26?/m1/s1. The lowest BCUT2D eigenvalue weighted by atomic mass is 9.79. The van der Waals surface area contributed by atoms with E-state index in [2.05, 4.69) is 16.7 Å². The number of nitrogens with one attached hydrogen (secondary N) is 2. The van der Waals surface area contributed by atoms with Crippen LogP contribution in [0.25, 0.3) is 0 Å². The number of anilines is 1. The summed E-state index contributed by atoms with van der Waals surface area (Å²) in [4.78, 5) is 24.0. The quantitative estimate of drug-likeness (QED) is 0.516. The van der Waals surface area contributed by atoms with E-state index in [1.807, 2.05) is 6.07 Å². The number of nitriles is 1. The molecule has 2 fully saturated rings. The van der Waals surface area contributed by atoms with E-state index in [0.29, 0.717) is 36.4 Å². The van der Waals surface area contributed by atoms with Crippen LogP contribution in [0.1, 0.15) is 55.7 Å². The molecule has 3 atom stereocenters. The van der Waals surface area contributed by atoms with E-state index in [0.717, 1.165) is 12.0 Å². The van der Waals surface area contributed by atoms with E-state index in [9.17, 15) is 19.2 Å². The highest BCUT2D eigenvalue weighted by atomic mass is 19.1. The van der Waals surface area contributed by atoms with Gasteiger partial charge in [-0.25, -0.2) is 4.39 Å². The normalized spacial score (nSPS) is 21.4. The topological polar surface area (TPSA) is 117 Å². The van der Waals surface area contributed by atoms with Gasteiger partial charge in [0.1, 0.15) is 11.9 Å². The van der Waals surface area contributed by atoms with E-state index in [-0.39, 0.29) is 5.69 Å². The van der Waals surface area contributed by atoms with Gasteiger partial charge >= 0.3 is 5.97 Å². The van der Waals surface area contributed by atoms with Crippen LogP contribution in [-0.4, -0.2) is 30.6 Å². The molecule has 1 unspecified atom stereocenters. The van der Waals surface area contributed by atoms with Crippen molar-refractivity contribution in [3.8, 4) is 6.07 Å². The first-order valence-electron chi connectivity index (χ1n) is 11.6. The van der Waals surface area contributed by atoms with E-state index in [1.165, 1.54) is 25.8 Å². The number of benzene rings is 2. The lowest BCUT2D eigenvalue weighted by molar-refractivity contribution is -0.145. The van der Waals surface area contributed by atoms with E-state index in [1.54, 1.807) is 30.3 Å². The number of nitrogens with zero attached hydrogens (tertiary/aromatic N) is 1. The summed E-state index contributed by atoms with van der Waals surface area (Å²) in [6, 6.07) is 13.2. The average molecular weight is 465 g/mol. The van der Waals surface area contributed by atoms with Gasteiger partial charge in [0, 0.05) is 19.9 Å². The Morgan fingerprint density at radius 3 is 2.74 bits per heavy atom. The summed E-state index contributed by atoms with van der Waals surface area (Å²) < 4.78 is 19.9. The van der Waals surface area contributed by atoms with Crippen molar-refractivity contribution < 1.29 is 18.7 Å². The lowest BCUT2D eigenvalue weighted by Crippen LogP contribution is -2.39. The molecule has 7 nitrogen and oxygen atoms in total. The van der Waals surface area contributed by atoms with Crippen LogP contribution in [0.3, 0.4) is 0 Å². The Balaban J connectivity index is 1.58. The molecule has 1 saturated heterocycles. The molecule has 0 aromatic heterocycles. The summed E-state index contributed by atoms with van der Waals surface area (Å²) in [6.45, 7) is 1.69. The Morgan fingerprint density at radius 2 is 2.03 bits per heavy atom. The van der Waals surface area contributed by atoms with Crippen molar-refractivity contribution in [3.63, 3.8) is 0 Å². The lowest BCUT2D eigenvalue weighted by Gasteiger charge is -2.32. The van der Waals surface area contributed by atoms with Gasteiger partial charge in [-0.2, -0.15) is 5.26 Å². The second-order valence-corrected chi connectivity index (χ2v) is 9.26. The Hall–Kier alpha value is -3.28. The first-order valence-corrected chi connectivity index (χ1v) is 11.6. The van der Waals surface area contributed by atoms with E-state index < -0.39 is 35.4 Å².